The standard InChI is InChI=1S/C18H26N2O2/c1-17(2,3)10-15(12-21)20-16(22)18(4,5)14-8-6-7-13(9-14)11-19/h6-9,15,21H,10,12H2,1-5H3,(H,20,22). The third-order valence-corrected chi connectivity index (χ3v) is 3.70. The predicted octanol–water partition coefficient (Wildman–Crippen LogP) is 2.75. The first-order valence-electron chi connectivity index (χ1n) is 7.52. The number of nitrogens with zero attached hydrogens (tertiary/aromatic N) is 1. The van der Waals surface area contributed by atoms with E-state index >= 15 is 0 Å². The van der Waals surface area contributed by atoms with Crippen molar-refractivity contribution in [3.8, 4) is 6.07 Å². The average Bonchev–Trinajstić information content (AvgIpc) is 2.44. The lowest BCUT2D eigenvalue weighted by molar-refractivity contribution is -0.126. The maximum absolute atomic E-state index is 12.6. The van der Waals surface area contributed by atoms with Crippen LogP contribution in [0.25, 0.3) is 0 Å². The van der Waals surface area contributed by atoms with Crippen LogP contribution in [0.3, 0.4) is 0 Å². The van der Waals surface area contributed by atoms with Crippen molar-refractivity contribution in [1.82, 2.24) is 5.32 Å². The summed E-state index contributed by atoms with van der Waals surface area (Å²) in [4.78, 5) is 12.6. The van der Waals surface area contributed by atoms with Gasteiger partial charge in [-0.1, -0.05) is 32.9 Å². The van der Waals surface area contributed by atoms with Gasteiger partial charge in [0.2, 0.25) is 5.91 Å². The first kappa shape index (κ1) is 18.2. The Morgan fingerprint density at radius 2 is 1.95 bits per heavy atom. The van der Waals surface area contributed by atoms with E-state index in [0.29, 0.717) is 12.0 Å². The van der Waals surface area contributed by atoms with Gasteiger partial charge in [-0.2, -0.15) is 5.26 Å². The van der Waals surface area contributed by atoms with Crippen LogP contribution in [0.1, 0.15) is 52.2 Å². The molecule has 1 rings (SSSR count). The third kappa shape index (κ3) is 4.85. The van der Waals surface area contributed by atoms with Gasteiger partial charge in [-0.25, -0.2) is 0 Å². The monoisotopic (exact) mass is 302 g/mol. The van der Waals surface area contributed by atoms with E-state index in [-0.39, 0.29) is 24.0 Å². The van der Waals surface area contributed by atoms with E-state index in [2.05, 4.69) is 32.2 Å². The minimum atomic E-state index is -0.766. The maximum atomic E-state index is 12.6. The number of aliphatic hydroxyl groups is 1. The van der Waals surface area contributed by atoms with Gasteiger partial charge in [-0.15, -0.1) is 0 Å². The van der Waals surface area contributed by atoms with Crippen LogP contribution in [0.2, 0.25) is 0 Å². The van der Waals surface area contributed by atoms with E-state index < -0.39 is 5.41 Å². The van der Waals surface area contributed by atoms with Gasteiger partial charge in [0.25, 0.3) is 0 Å². The molecule has 0 saturated heterocycles. The number of carbonyl (C=O) groups is 1. The number of aliphatic hydroxyl groups excluding tert-OH is 1. The summed E-state index contributed by atoms with van der Waals surface area (Å²) >= 11 is 0. The Morgan fingerprint density at radius 3 is 2.45 bits per heavy atom. The van der Waals surface area contributed by atoms with Crippen LogP contribution in [0.5, 0.6) is 0 Å². The summed E-state index contributed by atoms with van der Waals surface area (Å²) in [6, 6.07) is 8.89. The number of amides is 1. The summed E-state index contributed by atoms with van der Waals surface area (Å²) in [5.74, 6) is -0.147. The van der Waals surface area contributed by atoms with Crippen LogP contribution in [0.4, 0.5) is 0 Å². The zero-order valence-corrected chi connectivity index (χ0v) is 14.1. The van der Waals surface area contributed by atoms with E-state index in [0.717, 1.165) is 5.56 Å². The molecule has 0 spiro atoms. The van der Waals surface area contributed by atoms with E-state index in [1.165, 1.54) is 0 Å². The molecule has 22 heavy (non-hydrogen) atoms. The van der Waals surface area contributed by atoms with Gasteiger partial charge in [0.1, 0.15) is 0 Å². The topological polar surface area (TPSA) is 73.1 Å². The van der Waals surface area contributed by atoms with Gasteiger partial charge in [0.15, 0.2) is 0 Å². The molecule has 0 saturated carbocycles. The lowest BCUT2D eigenvalue weighted by Gasteiger charge is -2.30. The summed E-state index contributed by atoms with van der Waals surface area (Å²) in [6.45, 7) is 9.78. The van der Waals surface area contributed by atoms with Crippen LogP contribution in [-0.2, 0) is 10.2 Å². The molecule has 0 radical (unpaired) electrons. The van der Waals surface area contributed by atoms with E-state index in [9.17, 15) is 9.90 Å². The molecule has 0 aliphatic carbocycles. The Labute approximate surface area is 133 Å². The highest BCUT2D eigenvalue weighted by Crippen LogP contribution is 2.26. The van der Waals surface area contributed by atoms with Crippen molar-refractivity contribution in [2.75, 3.05) is 6.61 Å². The minimum Gasteiger partial charge on any atom is -0.394 e. The fourth-order valence-corrected chi connectivity index (χ4v) is 2.37. The van der Waals surface area contributed by atoms with Gasteiger partial charge in [-0.05, 0) is 43.4 Å². The van der Waals surface area contributed by atoms with Crippen molar-refractivity contribution in [2.45, 2.75) is 52.5 Å². The van der Waals surface area contributed by atoms with Crippen LogP contribution >= 0.6 is 0 Å². The van der Waals surface area contributed by atoms with E-state index in [4.69, 9.17) is 5.26 Å². The molecule has 0 aliphatic rings. The largest absolute Gasteiger partial charge is 0.394 e. The fourth-order valence-electron chi connectivity index (χ4n) is 2.37. The Morgan fingerprint density at radius 1 is 1.32 bits per heavy atom. The van der Waals surface area contributed by atoms with Crippen molar-refractivity contribution in [2.24, 2.45) is 5.41 Å². The van der Waals surface area contributed by atoms with Crippen LogP contribution in [0, 0.1) is 16.7 Å². The Balaban J connectivity index is 2.92. The SMILES string of the molecule is CC(C)(C)CC(CO)NC(=O)C(C)(C)c1cccc(C#N)c1. The molecule has 0 aromatic heterocycles. The second-order valence-electron chi connectivity index (χ2n) is 7.44. The second-order valence-corrected chi connectivity index (χ2v) is 7.44. The lowest BCUT2D eigenvalue weighted by atomic mass is 9.82. The van der Waals surface area contributed by atoms with Crippen molar-refractivity contribution in [3.05, 3.63) is 35.4 Å². The highest BCUT2D eigenvalue weighted by molar-refractivity contribution is 5.87. The first-order chi connectivity index (χ1) is 10.1. The quantitative estimate of drug-likeness (QED) is 0.878. The number of nitrogens with one attached hydrogen (secondary N) is 1. The zero-order chi connectivity index (χ0) is 17.0. The smallest absolute Gasteiger partial charge is 0.230 e. The molecule has 1 aromatic rings. The third-order valence-electron chi connectivity index (χ3n) is 3.70. The Kier molecular flexibility index (Phi) is 5.73. The maximum Gasteiger partial charge on any atom is 0.230 e. The first-order valence-corrected chi connectivity index (χ1v) is 7.52. The molecule has 2 N–H and O–H groups in total. The van der Waals surface area contributed by atoms with Crippen LogP contribution in [0.15, 0.2) is 24.3 Å². The number of nitriles is 1. The molecule has 1 atom stereocenters. The van der Waals surface area contributed by atoms with Gasteiger partial charge in [0.05, 0.1) is 29.7 Å². The van der Waals surface area contributed by atoms with Crippen molar-refractivity contribution < 1.29 is 9.90 Å². The molecule has 0 bridgehead atoms. The fraction of sp³-hybridized carbons (Fsp3) is 0.556. The number of carbonyl (C=O) groups excluding carboxylic acids is 1. The van der Waals surface area contributed by atoms with Gasteiger partial charge >= 0.3 is 0 Å². The Hall–Kier alpha value is -1.86. The summed E-state index contributed by atoms with van der Waals surface area (Å²) in [6.07, 6.45) is 0.698. The molecule has 0 aliphatic heterocycles. The molecule has 0 fully saturated rings. The van der Waals surface area contributed by atoms with Crippen molar-refractivity contribution in [1.29, 1.82) is 5.26 Å². The molecular weight excluding hydrogens is 276 g/mol. The predicted molar refractivity (Wildman–Crippen MR) is 87.3 cm³/mol. The molecule has 4 heteroatoms. The normalized spacial score (nSPS) is 13.3. The zero-order valence-electron chi connectivity index (χ0n) is 14.1. The van der Waals surface area contributed by atoms with Crippen LogP contribution < -0.4 is 5.32 Å². The summed E-state index contributed by atoms with van der Waals surface area (Å²) in [7, 11) is 0. The highest BCUT2D eigenvalue weighted by atomic mass is 16.3. The average molecular weight is 302 g/mol. The van der Waals surface area contributed by atoms with Gasteiger partial charge in [-0.3, -0.25) is 4.79 Å². The number of rotatable bonds is 5. The highest BCUT2D eigenvalue weighted by Gasteiger charge is 2.32. The Bertz CT molecular complexity index is 565. The van der Waals surface area contributed by atoms with Gasteiger partial charge in [0, 0.05) is 0 Å². The summed E-state index contributed by atoms with van der Waals surface area (Å²) < 4.78 is 0. The van der Waals surface area contributed by atoms with Crippen molar-refractivity contribution in [3.63, 3.8) is 0 Å². The summed E-state index contributed by atoms with van der Waals surface area (Å²) in [5, 5.41) is 21.4. The van der Waals surface area contributed by atoms with E-state index in [1.54, 1.807) is 18.2 Å². The molecule has 4 nitrogen and oxygen atoms in total. The lowest BCUT2D eigenvalue weighted by Crippen LogP contribution is -2.47. The minimum absolute atomic E-state index is 0.0194. The molecule has 1 unspecified atom stereocenters. The summed E-state index contributed by atoms with van der Waals surface area (Å²) in [5.41, 5.74) is 0.576. The second kappa shape index (κ2) is 6.93. The van der Waals surface area contributed by atoms with E-state index in [1.807, 2.05) is 19.9 Å². The van der Waals surface area contributed by atoms with Gasteiger partial charge < -0.3 is 10.4 Å². The molecule has 1 amide bonds. The molecular formula is C18H26N2O2. The number of benzene rings is 1. The van der Waals surface area contributed by atoms with Crippen molar-refractivity contribution >= 4 is 5.91 Å². The van der Waals surface area contributed by atoms with Crippen LogP contribution in [-0.4, -0.2) is 23.7 Å². The molecule has 0 heterocycles. The number of hydrogen-bond donors (Lipinski definition) is 2. The molecule has 120 valence electrons. The molecule has 1 aromatic carbocycles. The number of hydrogen-bond acceptors (Lipinski definition) is 3.